The molecule has 0 saturated carbocycles. The minimum atomic E-state index is -0.456. The highest BCUT2D eigenvalue weighted by molar-refractivity contribution is 5.92. The zero-order valence-electron chi connectivity index (χ0n) is 12.4. The Morgan fingerprint density at radius 1 is 1.43 bits per heavy atom. The highest BCUT2D eigenvalue weighted by Crippen LogP contribution is 2.19. The fourth-order valence-electron chi connectivity index (χ4n) is 2.71. The topological polar surface area (TPSA) is 84.2 Å². The molecule has 4 N–H and O–H groups in total. The summed E-state index contributed by atoms with van der Waals surface area (Å²) < 4.78 is 0. The molecule has 1 aliphatic heterocycles. The van der Waals surface area contributed by atoms with Crippen LogP contribution in [0.15, 0.2) is 24.3 Å². The molecule has 0 aliphatic carbocycles. The fourth-order valence-corrected chi connectivity index (χ4v) is 2.71. The van der Waals surface area contributed by atoms with Crippen LogP contribution in [0.3, 0.4) is 0 Å². The first-order valence-electron chi connectivity index (χ1n) is 7.50. The number of hydrogen-bond donors (Lipinski definition) is 3. The second-order valence-corrected chi connectivity index (χ2v) is 5.59. The molecule has 1 heterocycles. The predicted molar refractivity (Wildman–Crippen MR) is 81.6 cm³/mol. The second-order valence-electron chi connectivity index (χ2n) is 5.59. The Morgan fingerprint density at radius 3 is 2.95 bits per heavy atom. The van der Waals surface area contributed by atoms with Crippen LogP contribution in [0.2, 0.25) is 0 Å². The van der Waals surface area contributed by atoms with Gasteiger partial charge in [0, 0.05) is 12.1 Å². The molecule has 1 aliphatic rings. The monoisotopic (exact) mass is 289 g/mol. The molecular weight excluding hydrogens is 266 g/mol. The fraction of sp³-hybridized carbons (Fsp3) is 0.500. The Bertz CT molecular complexity index is 516. The number of amides is 2. The van der Waals surface area contributed by atoms with E-state index in [0.29, 0.717) is 18.0 Å². The van der Waals surface area contributed by atoms with Crippen LogP contribution in [0.25, 0.3) is 0 Å². The quantitative estimate of drug-likeness (QED) is 0.761. The smallest absolute Gasteiger partial charge is 0.248 e. The molecule has 0 aromatic heterocycles. The van der Waals surface area contributed by atoms with Gasteiger partial charge in [-0.05, 0) is 43.0 Å². The minimum absolute atomic E-state index is 0.0256. The van der Waals surface area contributed by atoms with Gasteiger partial charge >= 0.3 is 0 Å². The zero-order chi connectivity index (χ0) is 15.2. The largest absolute Gasteiger partial charge is 0.366 e. The molecule has 1 fully saturated rings. The maximum Gasteiger partial charge on any atom is 0.248 e. The van der Waals surface area contributed by atoms with Gasteiger partial charge in [0.25, 0.3) is 0 Å². The maximum absolute atomic E-state index is 12.2. The molecule has 0 spiro atoms. The molecule has 114 valence electrons. The average Bonchev–Trinajstić information content (AvgIpc) is 2.53. The Labute approximate surface area is 125 Å². The second kappa shape index (κ2) is 7.22. The van der Waals surface area contributed by atoms with Crippen LogP contribution in [0.5, 0.6) is 0 Å². The zero-order valence-corrected chi connectivity index (χ0v) is 12.4. The van der Waals surface area contributed by atoms with E-state index in [0.717, 1.165) is 31.4 Å². The van der Waals surface area contributed by atoms with Crippen LogP contribution in [-0.4, -0.2) is 24.4 Å². The molecule has 5 nitrogen and oxygen atoms in total. The summed E-state index contributed by atoms with van der Waals surface area (Å²) in [5.74, 6) is 0.195. The summed E-state index contributed by atoms with van der Waals surface area (Å²) >= 11 is 0. The molecule has 0 bridgehead atoms. The minimum Gasteiger partial charge on any atom is -0.366 e. The van der Waals surface area contributed by atoms with Crippen molar-refractivity contribution in [1.29, 1.82) is 0 Å². The number of rotatable bonds is 5. The van der Waals surface area contributed by atoms with E-state index in [1.165, 1.54) is 0 Å². The predicted octanol–water partition coefficient (Wildman–Crippen LogP) is 1.18. The Kier molecular flexibility index (Phi) is 5.33. The highest BCUT2D eigenvalue weighted by Gasteiger charge is 2.25. The molecule has 2 rings (SSSR count). The Morgan fingerprint density at radius 2 is 2.24 bits per heavy atom. The summed E-state index contributed by atoms with van der Waals surface area (Å²) in [6, 6.07) is 6.92. The van der Waals surface area contributed by atoms with Gasteiger partial charge in [0.05, 0.1) is 6.04 Å². The Hall–Kier alpha value is -1.88. The van der Waals surface area contributed by atoms with Gasteiger partial charge in [0.15, 0.2) is 0 Å². The SMILES string of the molecule is CCC1CCNC(C(=O)NCc2cccc(C(N)=O)c2)C1. The standard InChI is InChI=1S/C16H23N3O2/c1-2-11-6-7-18-14(9-11)16(21)19-10-12-4-3-5-13(8-12)15(17)20/h3-5,8,11,14,18H,2,6-7,9-10H2,1H3,(H2,17,20)(H,19,21). The van der Waals surface area contributed by atoms with Crippen molar-refractivity contribution in [2.45, 2.75) is 38.8 Å². The van der Waals surface area contributed by atoms with Crippen molar-refractivity contribution in [3.8, 4) is 0 Å². The van der Waals surface area contributed by atoms with E-state index in [1.807, 2.05) is 6.07 Å². The lowest BCUT2D eigenvalue weighted by molar-refractivity contribution is -0.124. The summed E-state index contributed by atoms with van der Waals surface area (Å²) in [5, 5.41) is 6.19. The van der Waals surface area contributed by atoms with E-state index in [2.05, 4.69) is 17.6 Å². The average molecular weight is 289 g/mol. The van der Waals surface area contributed by atoms with Gasteiger partial charge in [0.2, 0.25) is 11.8 Å². The number of carbonyl (C=O) groups excluding carboxylic acids is 2. The van der Waals surface area contributed by atoms with Gasteiger partial charge in [-0.15, -0.1) is 0 Å². The van der Waals surface area contributed by atoms with Gasteiger partial charge in [-0.25, -0.2) is 0 Å². The van der Waals surface area contributed by atoms with Crippen LogP contribution >= 0.6 is 0 Å². The number of benzene rings is 1. The maximum atomic E-state index is 12.2. The molecule has 21 heavy (non-hydrogen) atoms. The molecule has 1 saturated heterocycles. The van der Waals surface area contributed by atoms with E-state index < -0.39 is 5.91 Å². The van der Waals surface area contributed by atoms with E-state index in [9.17, 15) is 9.59 Å². The Balaban J connectivity index is 1.89. The molecule has 0 radical (unpaired) electrons. The number of primary amides is 1. The molecular formula is C16H23N3O2. The number of hydrogen-bond acceptors (Lipinski definition) is 3. The van der Waals surface area contributed by atoms with Crippen molar-refractivity contribution in [3.63, 3.8) is 0 Å². The molecule has 2 amide bonds. The van der Waals surface area contributed by atoms with Gasteiger partial charge in [0.1, 0.15) is 0 Å². The van der Waals surface area contributed by atoms with Crippen molar-refractivity contribution < 1.29 is 9.59 Å². The van der Waals surface area contributed by atoms with Crippen molar-refractivity contribution >= 4 is 11.8 Å². The number of piperidine rings is 1. The summed E-state index contributed by atoms with van der Waals surface area (Å²) in [5.41, 5.74) is 6.59. The first-order valence-corrected chi connectivity index (χ1v) is 7.50. The van der Waals surface area contributed by atoms with E-state index in [1.54, 1.807) is 18.2 Å². The third-order valence-corrected chi connectivity index (χ3v) is 4.08. The van der Waals surface area contributed by atoms with E-state index in [4.69, 9.17) is 5.73 Å². The lowest BCUT2D eigenvalue weighted by Crippen LogP contribution is -2.48. The normalized spacial score (nSPS) is 21.8. The number of nitrogens with two attached hydrogens (primary N) is 1. The third-order valence-electron chi connectivity index (χ3n) is 4.08. The molecule has 5 heteroatoms. The van der Waals surface area contributed by atoms with E-state index in [-0.39, 0.29) is 11.9 Å². The highest BCUT2D eigenvalue weighted by atomic mass is 16.2. The van der Waals surface area contributed by atoms with Gasteiger partial charge in [-0.3, -0.25) is 9.59 Å². The van der Waals surface area contributed by atoms with Crippen molar-refractivity contribution in [2.24, 2.45) is 11.7 Å². The van der Waals surface area contributed by atoms with Gasteiger partial charge < -0.3 is 16.4 Å². The molecule has 2 unspecified atom stereocenters. The van der Waals surface area contributed by atoms with Crippen LogP contribution < -0.4 is 16.4 Å². The summed E-state index contributed by atoms with van der Waals surface area (Å²) in [4.78, 5) is 23.3. The van der Waals surface area contributed by atoms with E-state index >= 15 is 0 Å². The van der Waals surface area contributed by atoms with Crippen LogP contribution in [-0.2, 0) is 11.3 Å². The summed E-state index contributed by atoms with van der Waals surface area (Å²) in [7, 11) is 0. The molecule has 2 atom stereocenters. The number of nitrogens with one attached hydrogen (secondary N) is 2. The lowest BCUT2D eigenvalue weighted by atomic mass is 9.90. The van der Waals surface area contributed by atoms with Crippen LogP contribution in [0, 0.1) is 5.92 Å². The summed E-state index contributed by atoms with van der Waals surface area (Å²) in [6.45, 7) is 3.48. The third kappa shape index (κ3) is 4.29. The van der Waals surface area contributed by atoms with Crippen LogP contribution in [0.1, 0.15) is 42.1 Å². The van der Waals surface area contributed by atoms with Crippen molar-refractivity contribution in [3.05, 3.63) is 35.4 Å². The molecule has 1 aromatic carbocycles. The number of carbonyl (C=O) groups is 2. The lowest BCUT2D eigenvalue weighted by Gasteiger charge is -2.28. The van der Waals surface area contributed by atoms with Gasteiger partial charge in [-0.1, -0.05) is 25.5 Å². The van der Waals surface area contributed by atoms with Crippen molar-refractivity contribution in [2.75, 3.05) is 6.54 Å². The van der Waals surface area contributed by atoms with Crippen molar-refractivity contribution in [1.82, 2.24) is 10.6 Å². The van der Waals surface area contributed by atoms with Crippen LogP contribution in [0.4, 0.5) is 0 Å². The first kappa shape index (κ1) is 15.5. The molecule has 1 aromatic rings. The first-order chi connectivity index (χ1) is 10.1. The summed E-state index contributed by atoms with van der Waals surface area (Å²) in [6.07, 6.45) is 3.15. The van der Waals surface area contributed by atoms with Gasteiger partial charge in [-0.2, -0.15) is 0 Å².